The number of ether oxygens (including phenoxy) is 2. The Bertz CT molecular complexity index is 339. The van der Waals surface area contributed by atoms with Gasteiger partial charge in [0, 0.05) is 7.11 Å². The lowest BCUT2D eigenvalue weighted by Gasteiger charge is -2.11. The Labute approximate surface area is 98.5 Å². The van der Waals surface area contributed by atoms with E-state index in [1.165, 1.54) is 13.2 Å². The summed E-state index contributed by atoms with van der Waals surface area (Å²) in [5.74, 6) is 0.173. The topological polar surface area (TPSA) is 18.5 Å². The normalized spacial score (nSPS) is 11.5. The molecule has 0 aromatic heterocycles. The molecule has 0 aliphatic heterocycles. The molecule has 0 unspecified atom stereocenters. The molecule has 0 amide bonds. The molecule has 1 aromatic rings. The zero-order valence-corrected chi connectivity index (χ0v) is 9.93. The van der Waals surface area contributed by atoms with Gasteiger partial charge in [-0.25, -0.2) is 0 Å². The summed E-state index contributed by atoms with van der Waals surface area (Å²) < 4.78 is 47.2. The first-order chi connectivity index (χ1) is 6.95. The number of methoxy groups -OCH3 is 1. The van der Waals surface area contributed by atoms with Crippen molar-refractivity contribution in [2.45, 2.75) is 6.18 Å². The molecule has 0 bridgehead atoms. The molecule has 6 heteroatoms. The molecule has 0 saturated heterocycles. The van der Waals surface area contributed by atoms with Crippen molar-refractivity contribution in [2.24, 2.45) is 0 Å². The Morgan fingerprint density at radius 1 is 1.33 bits per heavy atom. The summed E-state index contributed by atoms with van der Waals surface area (Å²) in [5.41, 5.74) is -0.728. The summed E-state index contributed by atoms with van der Waals surface area (Å²) in [4.78, 5) is 0. The van der Waals surface area contributed by atoms with Crippen LogP contribution in [-0.4, -0.2) is 13.9 Å². The fraction of sp³-hybridized carbons (Fsp3) is 0.333. The highest BCUT2D eigenvalue weighted by atomic mass is 127. The molecule has 0 atom stereocenters. The van der Waals surface area contributed by atoms with E-state index in [1.54, 1.807) is 0 Å². The van der Waals surface area contributed by atoms with Gasteiger partial charge in [0.1, 0.15) is 5.75 Å². The molecule has 1 aromatic carbocycles. The molecule has 0 aliphatic rings. The minimum Gasteiger partial charge on any atom is -0.466 e. The average Bonchev–Trinajstić information content (AvgIpc) is 2.15. The third kappa shape index (κ3) is 3.53. The highest BCUT2D eigenvalue weighted by Crippen LogP contribution is 2.33. The van der Waals surface area contributed by atoms with Crippen molar-refractivity contribution in [3.05, 3.63) is 27.3 Å². The predicted octanol–water partition coefficient (Wildman–Crippen LogP) is 3.29. The molecular formula is C9H8F3IO2. The number of halogens is 4. The van der Waals surface area contributed by atoms with Crippen LogP contribution in [0.2, 0.25) is 0 Å². The second-order valence-electron chi connectivity index (χ2n) is 2.69. The molecular weight excluding hydrogens is 324 g/mol. The van der Waals surface area contributed by atoms with E-state index in [9.17, 15) is 13.2 Å². The zero-order valence-electron chi connectivity index (χ0n) is 7.77. The smallest absolute Gasteiger partial charge is 0.416 e. The van der Waals surface area contributed by atoms with E-state index < -0.39 is 11.7 Å². The first-order valence-corrected chi connectivity index (χ1v) is 5.01. The molecule has 1 rings (SSSR count). The molecule has 0 fully saturated rings. The first kappa shape index (κ1) is 12.6. The Hall–Kier alpha value is -0.500. The van der Waals surface area contributed by atoms with Gasteiger partial charge >= 0.3 is 6.18 Å². The zero-order chi connectivity index (χ0) is 11.5. The summed E-state index contributed by atoms with van der Waals surface area (Å²) >= 11 is 1.90. The van der Waals surface area contributed by atoms with Crippen molar-refractivity contribution in [3.63, 3.8) is 0 Å². The largest absolute Gasteiger partial charge is 0.466 e. The maximum atomic E-state index is 12.3. The van der Waals surface area contributed by atoms with Crippen molar-refractivity contribution in [2.75, 3.05) is 13.9 Å². The van der Waals surface area contributed by atoms with Crippen molar-refractivity contribution in [1.29, 1.82) is 0 Å². The van der Waals surface area contributed by atoms with Gasteiger partial charge in [-0.05, 0) is 40.8 Å². The number of benzene rings is 1. The third-order valence-electron chi connectivity index (χ3n) is 1.59. The maximum absolute atomic E-state index is 12.3. The van der Waals surface area contributed by atoms with Crippen LogP contribution in [0.15, 0.2) is 18.2 Å². The number of hydrogen-bond donors (Lipinski definition) is 0. The van der Waals surface area contributed by atoms with Gasteiger partial charge in [0.15, 0.2) is 6.79 Å². The first-order valence-electron chi connectivity index (χ1n) is 3.93. The molecule has 0 heterocycles. The molecule has 15 heavy (non-hydrogen) atoms. The highest BCUT2D eigenvalue weighted by molar-refractivity contribution is 14.1. The van der Waals surface area contributed by atoms with Crippen molar-refractivity contribution >= 4 is 22.6 Å². The SMILES string of the molecule is COCOc1cc(C(F)(F)F)ccc1I. The molecule has 84 valence electrons. The van der Waals surface area contributed by atoms with E-state index >= 15 is 0 Å². The lowest BCUT2D eigenvalue weighted by Crippen LogP contribution is -2.07. The minimum absolute atomic E-state index is 0.0721. The monoisotopic (exact) mass is 332 g/mol. The van der Waals surface area contributed by atoms with Gasteiger partial charge in [-0.3, -0.25) is 0 Å². The van der Waals surface area contributed by atoms with Crippen molar-refractivity contribution < 1.29 is 22.6 Å². The molecule has 0 radical (unpaired) electrons. The highest BCUT2D eigenvalue weighted by Gasteiger charge is 2.31. The Morgan fingerprint density at radius 2 is 2.00 bits per heavy atom. The summed E-state index contributed by atoms with van der Waals surface area (Å²) in [7, 11) is 1.40. The average molecular weight is 332 g/mol. The molecule has 0 spiro atoms. The van der Waals surface area contributed by atoms with Crippen LogP contribution in [0.1, 0.15) is 5.56 Å². The van der Waals surface area contributed by atoms with Crippen molar-refractivity contribution in [1.82, 2.24) is 0 Å². The summed E-state index contributed by atoms with van der Waals surface area (Å²) in [6, 6.07) is 3.33. The van der Waals surface area contributed by atoms with Gasteiger partial charge in [0.25, 0.3) is 0 Å². The van der Waals surface area contributed by atoms with E-state index in [0.29, 0.717) is 3.57 Å². The fourth-order valence-electron chi connectivity index (χ4n) is 0.913. The van der Waals surface area contributed by atoms with Crippen LogP contribution in [0.25, 0.3) is 0 Å². The molecule has 0 N–H and O–H groups in total. The van der Waals surface area contributed by atoms with Gasteiger partial charge in [-0.15, -0.1) is 0 Å². The number of hydrogen-bond acceptors (Lipinski definition) is 2. The van der Waals surface area contributed by atoms with Crippen LogP contribution in [0, 0.1) is 3.57 Å². The van der Waals surface area contributed by atoms with Crippen LogP contribution in [-0.2, 0) is 10.9 Å². The van der Waals surface area contributed by atoms with Gasteiger partial charge in [-0.1, -0.05) is 0 Å². The maximum Gasteiger partial charge on any atom is 0.416 e. The standard InChI is InChI=1S/C9H8F3IO2/c1-14-5-15-8-4-6(9(10,11)12)2-3-7(8)13/h2-4H,5H2,1H3. The second-order valence-corrected chi connectivity index (χ2v) is 3.86. The van der Waals surface area contributed by atoms with E-state index in [4.69, 9.17) is 4.74 Å². The van der Waals surface area contributed by atoms with Gasteiger partial charge in [0.05, 0.1) is 9.13 Å². The number of rotatable bonds is 3. The third-order valence-corrected chi connectivity index (χ3v) is 2.48. The van der Waals surface area contributed by atoms with E-state index in [-0.39, 0.29) is 12.5 Å². The van der Waals surface area contributed by atoms with Crippen LogP contribution in [0.4, 0.5) is 13.2 Å². The fourth-order valence-corrected chi connectivity index (χ4v) is 1.40. The Balaban J connectivity index is 2.95. The van der Waals surface area contributed by atoms with Crippen LogP contribution >= 0.6 is 22.6 Å². The number of alkyl halides is 3. The van der Waals surface area contributed by atoms with Crippen LogP contribution in [0.3, 0.4) is 0 Å². The molecule has 2 nitrogen and oxygen atoms in total. The lowest BCUT2D eigenvalue weighted by atomic mass is 10.2. The van der Waals surface area contributed by atoms with Gasteiger partial charge < -0.3 is 9.47 Å². The Kier molecular flexibility index (Phi) is 4.21. The van der Waals surface area contributed by atoms with Crippen LogP contribution < -0.4 is 4.74 Å². The molecule has 0 aliphatic carbocycles. The Morgan fingerprint density at radius 3 is 2.53 bits per heavy atom. The minimum atomic E-state index is -4.35. The van der Waals surface area contributed by atoms with E-state index in [0.717, 1.165) is 12.1 Å². The predicted molar refractivity (Wildman–Crippen MR) is 56.7 cm³/mol. The van der Waals surface area contributed by atoms with Crippen LogP contribution in [0.5, 0.6) is 5.75 Å². The summed E-state index contributed by atoms with van der Waals surface area (Å²) in [5, 5.41) is 0. The van der Waals surface area contributed by atoms with E-state index in [2.05, 4.69) is 4.74 Å². The van der Waals surface area contributed by atoms with E-state index in [1.807, 2.05) is 22.6 Å². The van der Waals surface area contributed by atoms with Gasteiger partial charge in [-0.2, -0.15) is 13.2 Å². The van der Waals surface area contributed by atoms with Crippen molar-refractivity contribution in [3.8, 4) is 5.75 Å². The summed E-state index contributed by atoms with van der Waals surface area (Å²) in [6.07, 6.45) is -4.35. The van der Waals surface area contributed by atoms with Gasteiger partial charge in [0.2, 0.25) is 0 Å². The quantitative estimate of drug-likeness (QED) is 0.625. The molecule has 0 saturated carbocycles. The lowest BCUT2D eigenvalue weighted by molar-refractivity contribution is -0.137. The summed E-state index contributed by atoms with van der Waals surface area (Å²) in [6.45, 7) is -0.0721. The second kappa shape index (κ2) is 5.02.